The third-order valence-corrected chi connectivity index (χ3v) is 6.80. The maximum absolute atomic E-state index is 13.2. The number of hydrogen-bond acceptors (Lipinski definition) is 6. The van der Waals surface area contributed by atoms with E-state index in [1.807, 2.05) is 6.07 Å². The molecule has 4 amide bonds. The monoisotopic (exact) mass is 396 g/mol. The van der Waals surface area contributed by atoms with Gasteiger partial charge in [-0.1, -0.05) is 12.1 Å². The molecule has 8 nitrogen and oxygen atoms in total. The normalized spacial score (nSPS) is 32.0. The molecule has 1 aliphatic carbocycles. The van der Waals surface area contributed by atoms with Crippen molar-refractivity contribution in [2.45, 2.75) is 44.3 Å². The van der Waals surface area contributed by atoms with Crippen molar-refractivity contribution in [3.63, 3.8) is 0 Å². The van der Waals surface area contributed by atoms with Crippen molar-refractivity contribution in [3.8, 4) is 0 Å². The van der Waals surface area contributed by atoms with Gasteiger partial charge in [0, 0.05) is 32.1 Å². The largest absolute Gasteiger partial charge is 0.327 e. The average molecular weight is 396 g/mol. The van der Waals surface area contributed by atoms with Gasteiger partial charge < -0.3 is 5.73 Å². The Hall–Kier alpha value is -2.58. The Morgan fingerprint density at radius 1 is 1.07 bits per heavy atom. The van der Waals surface area contributed by atoms with Crippen LogP contribution in [0.15, 0.2) is 18.2 Å². The van der Waals surface area contributed by atoms with Gasteiger partial charge in [0.15, 0.2) is 0 Å². The van der Waals surface area contributed by atoms with Crippen LogP contribution in [0.1, 0.15) is 52.0 Å². The van der Waals surface area contributed by atoms with Crippen molar-refractivity contribution in [2.24, 2.45) is 17.6 Å². The maximum atomic E-state index is 13.2. The van der Waals surface area contributed by atoms with E-state index < -0.39 is 23.8 Å². The van der Waals surface area contributed by atoms with Gasteiger partial charge in [0.2, 0.25) is 11.8 Å². The molecule has 1 aromatic carbocycles. The second kappa shape index (κ2) is 6.74. The van der Waals surface area contributed by atoms with E-state index in [0.717, 1.165) is 30.0 Å². The summed E-state index contributed by atoms with van der Waals surface area (Å²) in [6, 6.07) is 4.63. The van der Waals surface area contributed by atoms with E-state index in [0.29, 0.717) is 29.5 Å². The molecule has 4 unspecified atom stereocenters. The van der Waals surface area contributed by atoms with Crippen molar-refractivity contribution >= 4 is 23.6 Å². The highest BCUT2D eigenvalue weighted by Crippen LogP contribution is 2.37. The summed E-state index contributed by atoms with van der Waals surface area (Å²) in [7, 11) is 0. The molecule has 2 bridgehead atoms. The number of carbonyl (C=O) groups is 4. The molecule has 3 fully saturated rings. The summed E-state index contributed by atoms with van der Waals surface area (Å²) >= 11 is 0. The number of benzene rings is 1. The molecule has 8 heteroatoms. The van der Waals surface area contributed by atoms with E-state index in [1.54, 1.807) is 12.1 Å². The van der Waals surface area contributed by atoms with Crippen LogP contribution >= 0.6 is 0 Å². The second-order valence-electron chi connectivity index (χ2n) is 8.74. The first-order valence-corrected chi connectivity index (χ1v) is 10.2. The van der Waals surface area contributed by atoms with E-state index in [9.17, 15) is 19.2 Å². The van der Waals surface area contributed by atoms with Gasteiger partial charge in [-0.25, -0.2) is 0 Å². The highest BCUT2D eigenvalue weighted by Gasteiger charge is 2.46. The van der Waals surface area contributed by atoms with Gasteiger partial charge >= 0.3 is 0 Å². The fourth-order valence-electron chi connectivity index (χ4n) is 5.49. The Bertz CT molecular complexity index is 927. The van der Waals surface area contributed by atoms with Crippen LogP contribution in [0.25, 0.3) is 0 Å². The van der Waals surface area contributed by atoms with Gasteiger partial charge in [-0.15, -0.1) is 0 Å². The number of nitrogens with two attached hydrogens (primary N) is 1. The fourth-order valence-corrected chi connectivity index (χ4v) is 5.49. The van der Waals surface area contributed by atoms with Crippen LogP contribution in [-0.2, 0) is 16.1 Å². The molecule has 1 aromatic rings. The number of piperidine rings is 2. The Morgan fingerprint density at radius 2 is 1.90 bits per heavy atom. The Balaban J connectivity index is 1.41. The van der Waals surface area contributed by atoms with Crippen molar-refractivity contribution in [2.75, 3.05) is 13.1 Å². The molecule has 1 saturated carbocycles. The number of hydrogen-bond donors (Lipinski definition) is 2. The number of imide groups is 2. The molecule has 0 radical (unpaired) electrons. The van der Waals surface area contributed by atoms with E-state index in [4.69, 9.17) is 5.73 Å². The lowest BCUT2D eigenvalue weighted by atomic mass is 9.96. The molecule has 3 heterocycles. The smallest absolute Gasteiger partial charge is 0.262 e. The summed E-state index contributed by atoms with van der Waals surface area (Å²) in [4.78, 5) is 53.2. The lowest BCUT2D eigenvalue weighted by molar-refractivity contribution is -0.136. The van der Waals surface area contributed by atoms with E-state index in [-0.39, 0.29) is 24.8 Å². The minimum absolute atomic E-state index is 0.119. The van der Waals surface area contributed by atoms with Crippen molar-refractivity contribution in [3.05, 3.63) is 34.9 Å². The number of likely N-dealkylation sites (tertiary alicyclic amines) is 1. The Kier molecular flexibility index (Phi) is 4.29. The van der Waals surface area contributed by atoms with Crippen LogP contribution in [0.5, 0.6) is 0 Å². The van der Waals surface area contributed by atoms with Crippen LogP contribution in [-0.4, -0.2) is 58.6 Å². The molecule has 4 aliphatic rings. The highest BCUT2D eigenvalue weighted by atomic mass is 16.2. The molecule has 5 rings (SSSR count). The van der Waals surface area contributed by atoms with Crippen molar-refractivity contribution in [1.29, 1.82) is 0 Å². The Morgan fingerprint density at radius 3 is 2.66 bits per heavy atom. The van der Waals surface area contributed by atoms with E-state index in [1.165, 1.54) is 6.42 Å². The quantitative estimate of drug-likeness (QED) is 0.709. The second-order valence-corrected chi connectivity index (χ2v) is 8.74. The molecule has 3 aliphatic heterocycles. The van der Waals surface area contributed by atoms with E-state index in [2.05, 4.69) is 10.2 Å². The van der Waals surface area contributed by atoms with Gasteiger partial charge in [0.05, 0.1) is 11.1 Å². The van der Waals surface area contributed by atoms with Gasteiger partial charge in [0.25, 0.3) is 11.8 Å². The lowest BCUT2D eigenvalue weighted by Gasteiger charge is -2.32. The number of nitrogens with one attached hydrogen (secondary N) is 1. The molecule has 0 spiro atoms. The molecule has 152 valence electrons. The van der Waals surface area contributed by atoms with Crippen molar-refractivity contribution in [1.82, 2.24) is 15.1 Å². The van der Waals surface area contributed by atoms with Gasteiger partial charge in [-0.3, -0.25) is 34.3 Å². The first-order valence-electron chi connectivity index (χ1n) is 10.2. The first kappa shape index (κ1) is 18.4. The molecular formula is C21H24N4O4. The van der Waals surface area contributed by atoms with Gasteiger partial charge in [0.1, 0.15) is 6.04 Å². The number of fused-ring (bicyclic) bond motifs is 3. The maximum Gasteiger partial charge on any atom is 0.262 e. The predicted octanol–water partition coefficient (Wildman–Crippen LogP) is 0.257. The molecule has 4 atom stereocenters. The zero-order valence-electron chi connectivity index (χ0n) is 16.1. The standard InChI is InChI=1S/C21H24N4O4/c22-15-7-11-6-13(15)10-24(8-11)9-12-2-1-3-14-18(12)21(29)25(20(14)28)16-4-5-17(26)23-19(16)27/h1-3,11,13,15-16H,4-10,22H2,(H,23,26,27). The minimum atomic E-state index is -0.934. The summed E-state index contributed by atoms with van der Waals surface area (Å²) in [5.74, 6) is -0.769. The van der Waals surface area contributed by atoms with Crippen LogP contribution in [0, 0.1) is 11.8 Å². The molecular weight excluding hydrogens is 372 g/mol. The predicted molar refractivity (Wildman–Crippen MR) is 103 cm³/mol. The summed E-state index contributed by atoms with van der Waals surface area (Å²) in [6.45, 7) is 2.44. The topological polar surface area (TPSA) is 113 Å². The lowest BCUT2D eigenvalue weighted by Crippen LogP contribution is -2.54. The van der Waals surface area contributed by atoms with Crippen molar-refractivity contribution < 1.29 is 19.2 Å². The summed E-state index contributed by atoms with van der Waals surface area (Å²) in [6.07, 6.45) is 2.51. The number of carbonyl (C=O) groups excluding carboxylic acids is 4. The number of nitrogens with zero attached hydrogens (tertiary/aromatic N) is 2. The summed E-state index contributed by atoms with van der Waals surface area (Å²) in [5, 5.41) is 2.23. The minimum Gasteiger partial charge on any atom is -0.327 e. The molecule has 2 saturated heterocycles. The zero-order chi connectivity index (χ0) is 20.3. The molecule has 0 aromatic heterocycles. The Labute approximate surface area is 168 Å². The SMILES string of the molecule is NC1CC2CC1CN(Cc1cccc3c1C(=O)N(C1CCC(=O)NC1=O)C3=O)C2. The summed E-state index contributed by atoms with van der Waals surface area (Å²) in [5.41, 5.74) is 7.78. The third-order valence-electron chi connectivity index (χ3n) is 6.80. The molecule has 29 heavy (non-hydrogen) atoms. The fraction of sp³-hybridized carbons (Fsp3) is 0.524. The number of amides is 4. The highest BCUT2D eigenvalue weighted by molar-refractivity contribution is 6.24. The zero-order valence-corrected chi connectivity index (χ0v) is 16.1. The van der Waals surface area contributed by atoms with Crippen LogP contribution in [0.4, 0.5) is 0 Å². The summed E-state index contributed by atoms with van der Waals surface area (Å²) < 4.78 is 0. The van der Waals surface area contributed by atoms with Gasteiger partial charge in [-0.2, -0.15) is 0 Å². The van der Waals surface area contributed by atoms with E-state index >= 15 is 0 Å². The van der Waals surface area contributed by atoms with Crippen LogP contribution in [0.3, 0.4) is 0 Å². The number of rotatable bonds is 3. The average Bonchev–Trinajstić information content (AvgIpc) is 3.08. The van der Waals surface area contributed by atoms with Gasteiger partial charge in [-0.05, 0) is 42.7 Å². The van der Waals surface area contributed by atoms with Crippen LogP contribution in [0.2, 0.25) is 0 Å². The third kappa shape index (κ3) is 2.98. The van der Waals surface area contributed by atoms with Crippen LogP contribution < -0.4 is 11.1 Å². The molecule has 3 N–H and O–H groups in total. The first-order chi connectivity index (χ1) is 13.9.